The fourth-order valence-electron chi connectivity index (χ4n) is 2.68. The van der Waals surface area contributed by atoms with Crippen LogP contribution in [-0.4, -0.2) is 17.7 Å². The van der Waals surface area contributed by atoms with Crippen molar-refractivity contribution in [2.45, 2.75) is 11.7 Å². The van der Waals surface area contributed by atoms with Crippen molar-refractivity contribution >= 4 is 46.0 Å². The normalized spacial score (nSPS) is 18.6. The summed E-state index contributed by atoms with van der Waals surface area (Å²) in [6.07, 6.45) is 1.94. The molecule has 0 saturated carbocycles. The highest BCUT2D eigenvalue weighted by Gasteiger charge is 2.26. The van der Waals surface area contributed by atoms with Gasteiger partial charge >= 0.3 is 0 Å². The Labute approximate surface area is 163 Å². The van der Waals surface area contributed by atoms with E-state index in [1.807, 2.05) is 18.2 Å². The molecule has 1 atom stereocenters. The molecular weight excluding hydrogens is 392 g/mol. The highest BCUT2D eigenvalue weighted by atomic mass is 35.5. The summed E-state index contributed by atoms with van der Waals surface area (Å²) in [6.45, 7) is 0.214. The lowest BCUT2D eigenvalue weighted by atomic mass is 10.1. The number of benzene rings is 2. The van der Waals surface area contributed by atoms with Gasteiger partial charge in [0, 0.05) is 28.3 Å². The molecule has 2 heterocycles. The van der Waals surface area contributed by atoms with E-state index >= 15 is 0 Å². The van der Waals surface area contributed by atoms with Gasteiger partial charge in [-0.05, 0) is 53.7 Å². The van der Waals surface area contributed by atoms with Crippen molar-refractivity contribution in [3.63, 3.8) is 0 Å². The molecule has 0 N–H and O–H groups in total. The summed E-state index contributed by atoms with van der Waals surface area (Å²) < 4.78 is 11.4. The van der Waals surface area contributed by atoms with Gasteiger partial charge in [0.05, 0.1) is 4.24 Å². The van der Waals surface area contributed by atoms with Crippen LogP contribution in [0.25, 0.3) is 0 Å². The molecule has 0 spiro atoms. The Morgan fingerprint density at radius 3 is 2.69 bits per heavy atom. The molecule has 0 radical (unpaired) electrons. The molecule has 4 nitrogen and oxygen atoms in total. The maximum atomic E-state index is 12.4. The highest BCUT2D eigenvalue weighted by Crippen LogP contribution is 2.48. The number of carbonyl (C=O) groups is 2. The molecule has 132 valence electrons. The summed E-state index contributed by atoms with van der Waals surface area (Å²) in [5, 5.41) is 0.415. The minimum Gasteiger partial charge on any atom is -0.454 e. The smallest absolute Gasteiger partial charge is 0.231 e. The Hall–Kier alpha value is -1.89. The fraction of sp³-hybridized carbons (Fsp3) is 0.158. The summed E-state index contributed by atoms with van der Waals surface area (Å²) in [4.78, 5) is 24.6. The van der Waals surface area contributed by atoms with Crippen molar-refractivity contribution in [2.24, 2.45) is 0 Å². The third-order valence-electron chi connectivity index (χ3n) is 3.97. The second kappa shape index (κ2) is 7.39. The van der Waals surface area contributed by atoms with E-state index in [2.05, 4.69) is 0 Å². The number of ketones is 1. The van der Waals surface area contributed by atoms with Crippen LogP contribution in [0.1, 0.15) is 27.6 Å². The lowest BCUT2D eigenvalue weighted by Crippen LogP contribution is -2.08. The largest absolute Gasteiger partial charge is 0.454 e. The van der Waals surface area contributed by atoms with Crippen LogP contribution in [0.4, 0.5) is 0 Å². The van der Waals surface area contributed by atoms with Crippen molar-refractivity contribution in [1.29, 1.82) is 0 Å². The predicted molar refractivity (Wildman–Crippen MR) is 104 cm³/mol. The molecule has 2 aromatic carbocycles. The molecule has 2 aliphatic heterocycles. The number of allylic oxidation sites excluding steroid dienone is 1. The van der Waals surface area contributed by atoms with Gasteiger partial charge in [0.25, 0.3) is 0 Å². The first-order chi connectivity index (χ1) is 12.6. The second-order valence-electron chi connectivity index (χ2n) is 5.75. The van der Waals surface area contributed by atoms with Crippen LogP contribution < -0.4 is 9.47 Å². The molecule has 7 heteroatoms. The van der Waals surface area contributed by atoms with E-state index in [1.54, 1.807) is 30.3 Å². The van der Waals surface area contributed by atoms with Crippen LogP contribution in [0, 0.1) is 0 Å². The van der Waals surface area contributed by atoms with Gasteiger partial charge < -0.3 is 9.47 Å². The zero-order valence-electron chi connectivity index (χ0n) is 13.4. The van der Waals surface area contributed by atoms with E-state index in [-0.39, 0.29) is 22.9 Å². The van der Waals surface area contributed by atoms with E-state index in [0.29, 0.717) is 32.7 Å². The zero-order chi connectivity index (χ0) is 18.1. The monoisotopic (exact) mass is 404 g/mol. The molecule has 26 heavy (non-hydrogen) atoms. The number of hydrogen-bond donors (Lipinski definition) is 0. The van der Waals surface area contributed by atoms with Crippen LogP contribution in [-0.2, 0) is 4.79 Å². The van der Waals surface area contributed by atoms with Gasteiger partial charge in [-0.2, -0.15) is 0 Å². The number of ether oxygens (including phenoxy) is 2. The van der Waals surface area contributed by atoms with Gasteiger partial charge in [-0.25, -0.2) is 0 Å². The number of rotatable bonds is 3. The molecule has 0 aromatic heterocycles. The Balaban J connectivity index is 1.50. The number of carbonyl (C=O) groups excluding carboxylic acids is 2. The molecular formula is C19H13ClO4S2. The predicted octanol–water partition coefficient (Wildman–Crippen LogP) is 5.23. The quantitative estimate of drug-likeness (QED) is 0.698. The number of thioether (sulfide) groups is 2. The second-order valence-corrected chi connectivity index (χ2v) is 8.70. The van der Waals surface area contributed by atoms with Crippen molar-refractivity contribution < 1.29 is 19.1 Å². The average molecular weight is 405 g/mol. The first-order valence-corrected chi connectivity index (χ1v) is 9.94. The Morgan fingerprint density at radius 2 is 1.88 bits per heavy atom. The molecule has 4 rings (SSSR count). The van der Waals surface area contributed by atoms with E-state index in [9.17, 15) is 9.59 Å². The van der Waals surface area contributed by atoms with Gasteiger partial charge in [0.2, 0.25) is 11.9 Å². The average Bonchev–Trinajstić information content (AvgIpc) is 3.09. The summed E-state index contributed by atoms with van der Waals surface area (Å²) in [5.41, 5.74) is 1.54. The summed E-state index contributed by atoms with van der Waals surface area (Å²) in [6, 6.07) is 12.4. The van der Waals surface area contributed by atoms with Gasteiger partial charge in [-0.15, -0.1) is 11.8 Å². The Morgan fingerprint density at radius 1 is 1.12 bits per heavy atom. The van der Waals surface area contributed by atoms with E-state index in [0.717, 1.165) is 17.3 Å². The van der Waals surface area contributed by atoms with Gasteiger partial charge in [-0.3, -0.25) is 9.59 Å². The molecule has 2 aliphatic rings. The fourth-order valence-corrected chi connectivity index (χ4v) is 5.21. The summed E-state index contributed by atoms with van der Waals surface area (Å²) in [7, 11) is 0. The topological polar surface area (TPSA) is 52.6 Å². The van der Waals surface area contributed by atoms with Gasteiger partial charge in [0.1, 0.15) is 0 Å². The molecule has 0 saturated heterocycles. The number of fused-ring (bicyclic) bond motifs is 1. The van der Waals surface area contributed by atoms with Gasteiger partial charge in [0.15, 0.2) is 17.3 Å². The Bertz CT molecular complexity index is 908. The third kappa shape index (κ3) is 3.77. The first kappa shape index (κ1) is 17.5. The minimum atomic E-state index is -0.112. The van der Waals surface area contributed by atoms with Crippen molar-refractivity contribution in [3.8, 4) is 11.5 Å². The van der Waals surface area contributed by atoms with E-state index in [1.165, 1.54) is 11.8 Å². The summed E-state index contributed by atoms with van der Waals surface area (Å²) in [5.74, 6) is 1.42. The molecule has 0 bridgehead atoms. The lowest BCUT2D eigenvalue weighted by Gasteiger charge is -2.21. The Kier molecular flexibility index (Phi) is 4.98. The van der Waals surface area contributed by atoms with Crippen LogP contribution in [0.15, 0.2) is 52.8 Å². The molecule has 0 fully saturated rings. The van der Waals surface area contributed by atoms with Gasteiger partial charge in [-0.1, -0.05) is 17.7 Å². The molecule has 2 aromatic rings. The minimum absolute atomic E-state index is 0.0119. The molecule has 1 unspecified atom stereocenters. The van der Waals surface area contributed by atoms with Crippen LogP contribution in [0.2, 0.25) is 5.02 Å². The number of halogens is 1. The SMILES string of the molecule is O=C1C=C(SC(=O)c2ccc(Cl)cc2)SC(c2ccc3c(c2)OCO3)C1. The third-order valence-corrected chi connectivity index (χ3v) is 6.57. The molecule has 0 aliphatic carbocycles. The van der Waals surface area contributed by atoms with E-state index in [4.69, 9.17) is 21.1 Å². The van der Waals surface area contributed by atoms with E-state index < -0.39 is 0 Å². The maximum Gasteiger partial charge on any atom is 0.231 e. The lowest BCUT2D eigenvalue weighted by molar-refractivity contribution is -0.114. The van der Waals surface area contributed by atoms with Crippen molar-refractivity contribution in [1.82, 2.24) is 0 Å². The van der Waals surface area contributed by atoms with Crippen LogP contribution >= 0.6 is 35.1 Å². The first-order valence-electron chi connectivity index (χ1n) is 7.87. The van der Waals surface area contributed by atoms with Crippen molar-refractivity contribution in [2.75, 3.05) is 6.79 Å². The zero-order valence-corrected chi connectivity index (χ0v) is 15.8. The summed E-state index contributed by atoms with van der Waals surface area (Å²) >= 11 is 8.45. The highest BCUT2D eigenvalue weighted by molar-refractivity contribution is 8.30. The maximum absolute atomic E-state index is 12.4. The molecule has 0 amide bonds. The van der Waals surface area contributed by atoms with Crippen molar-refractivity contribution in [3.05, 3.63) is 68.9 Å². The van der Waals surface area contributed by atoms with Crippen LogP contribution in [0.5, 0.6) is 11.5 Å². The number of hydrogen-bond acceptors (Lipinski definition) is 6. The standard InChI is InChI=1S/C19H13ClO4S2/c20-13-4-1-11(2-5-13)19(22)26-18-9-14(21)8-17(25-18)12-3-6-15-16(7-12)24-10-23-15/h1-7,9,17H,8,10H2. The van der Waals surface area contributed by atoms with Crippen LogP contribution in [0.3, 0.4) is 0 Å².